The summed E-state index contributed by atoms with van der Waals surface area (Å²) in [6.07, 6.45) is 11.0. The van der Waals surface area contributed by atoms with Gasteiger partial charge < -0.3 is 89.4 Å². The lowest BCUT2D eigenvalue weighted by Crippen LogP contribution is -2.37. The number of oxazole rings is 4. The fourth-order valence-electron chi connectivity index (χ4n) is 16.2. The molecule has 4 aliphatic rings. The molecule has 8 atom stereocenters. The Hall–Kier alpha value is -11.3. The number of rotatable bonds is 24. The number of nitrogens with zero attached hydrogens (tertiary/aromatic N) is 12. The van der Waals surface area contributed by atoms with E-state index in [0.717, 1.165) is 155 Å². The molecule has 0 radical (unpaired) electrons. The summed E-state index contributed by atoms with van der Waals surface area (Å²) in [4.78, 5) is 46.3. The quantitative estimate of drug-likeness (QED) is 0.0276. The Morgan fingerprint density at radius 3 is 1.45 bits per heavy atom. The number of benzene rings is 8. The number of fused-ring (bicyclic) bond motifs is 4. The van der Waals surface area contributed by atoms with Gasteiger partial charge in [0.25, 0.3) is 23.4 Å². The van der Waals surface area contributed by atoms with E-state index in [9.17, 15) is 20.3 Å². The molecule has 10 N–H and O–H groups in total. The van der Waals surface area contributed by atoms with Crippen molar-refractivity contribution in [1.82, 2.24) is 45.4 Å². The minimum atomic E-state index is -0.453. The summed E-state index contributed by atoms with van der Waals surface area (Å²) < 4.78 is 49.7. The minimum absolute atomic E-state index is 0.116. The van der Waals surface area contributed by atoms with Gasteiger partial charge in [0.2, 0.25) is 0 Å². The van der Waals surface area contributed by atoms with Crippen LogP contribution in [0.4, 0.5) is 18.0 Å². The van der Waals surface area contributed by atoms with Crippen LogP contribution >= 0.6 is 66.7 Å². The Balaban J connectivity index is 0.000000153. The maximum absolute atomic E-state index is 11.7. The van der Waals surface area contributed by atoms with Gasteiger partial charge in [-0.3, -0.25) is 19.7 Å². The minimum Gasteiger partial charge on any atom is -0.488 e. The van der Waals surface area contributed by atoms with Gasteiger partial charge in [-0.2, -0.15) is 30.5 Å². The average Bonchev–Trinajstić information content (AvgIpc) is 1.60. The molecule has 0 amide bonds. The van der Waals surface area contributed by atoms with E-state index >= 15 is 0 Å². The largest absolute Gasteiger partial charge is 0.488 e. The Kier molecular flexibility index (Phi) is 31.8. The summed E-state index contributed by atoms with van der Waals surface area (Å²) in [5.74, 6) is 1.67. The number of aldehydes is 1. The van der Waals surface area contributed by atoms with Crippen molar-refractivity contribution < 1.29 is 51.6 Å². The highest BCUT2D eigenvalue weighted by Gasteiger charge is 2.34. The number of hydrogen-bond acceptors (Lipinski definition) is 28. The number of carbonyl (C=O) groups is 1. The predicted molar refractivity (Wildman–Crippen MR) is 513 cm³/mol. The number of pyridine rings is 2. The number of nitrogens with two attached hydrogens (primary N) is 3. The fourth-order valence-corrected chi connectivity index (χ4v) is 17.5. The number of anilines is 3. The van der Waals surface area contributed by atoms with Crippen molar-refractivity contribution >= 4 is 135 Å². The van der Waals surface area contributed by atoms with Crippen LogP contribution in [0.3, 0.4) is 0 Å². The van der Waals surface area contributed by atoms with Crippen molar-refractivity contribution in [2.24, 2.45) is 17.2 Å². The number of aliphatic hydroxyl groups excluding tert-OH is 2. The Morgan fingerprint density at radius 1 is 0.546 bits per heavy atom. The Morgan fingerprint density at radius 2 is 1.00 bits per heavy atom. The zero-order chi connectivity index (χ0) is 92.0. The van der Waals surface area contributed by atoms with Crippen LogP contribution in [0, 0.1) is 36.5 Å². The molecule has 4 aliphatic heterocycles. The molecule has 676 valence electrons. The molecule has 6 aromatic heterocycles. The van der Waals surface area contributed by atoms with E-state index < -0.39 is 6.04 Å². The molecule has 10 heterocycles. The van der Waals surface area contributed by atoms with Crippen molar-refractivity contribution in [3.63, 3.8) is 0 Å². The summed E-state index contributed by atoms with van der Waals surface area (Å²) in [7, 11) is 3.80. The summed E-state index contributed by atoms with van der Waals surface area (Å²) in [6.45, 7) is 16.9. The third-order valence-corrected chi connectivity index (χ3v) is 25.2. The Bertz CT molecular complexity index is 6390. The van der Waals surface area contributed by atoms with Crippen molar-refractivity contribution in [3.8, 4) is 57.4 Å². The van der Waals surface area contributed by atoms with Gasteiger partial charge >= 0.3 is 0 Å². The maximum atomic E-state index is 11.7. The molecule has 18 rings (SSSR count). The molecule has 28 nitrogen and oxygen atoms in total. The lowest BCUT2D eigenvalue weighted by molar-refractivity contribution is 0.0865. The number of likely N-dealkylation sites (N-methyl/N-ethyl adjacent to an activating group) is 2. The molecule has 0 aliphatic carbocycles. The molecule has 4 fully saturated rings. The van der Waals surface area contributed by atoms with Gasteiger partial charge in [0.15, 0.2) is 28.6 Å². The van der Waals surface area contributed by atoms with Gasteiger partial charge in [-0.05, 0) is 222 Å². The molecule has 130 heavy (non-hydrogen) atoms. The molecule has 4 saturated heterocycles. The maximum Gasteiger partial charge on any atom is 0.298 e. The molecule has 8 aromatic carbocycles. The van der Waals surface area contributed by atoms with E-state index in [2.05, 4.69) is 155 Å². The van der Waals surface area contributed by atoms with Crippen LogP contribution in [0.5, 0.6) is 23.0 Å². The van der Waals surface area contributed by atoms with Crippen LogP contribution in [0.1, 0.15) is 114 Å². The van der Waals surface area contributed by atoms with Gasteiger partial charge in [0.1, 0.15) is 83.6 Å². The second kappa shape index (κ2) is 43.6. The molecular formula is C97H102Br2Cl3N17O11. The monoisotopic (exact) mass is 1940 g/mol. The zero-order valence-corrected chi connectivity index (χ0v) is 78.5. The molecule has 33 heteroatoms. The first-order chi connectivity index (χ1) is 62.7. The number of carbonyl (C=O) groups excluding carboxylic acids is 1. The van der Waals surface area contributed by atoms with E-state index in [1.165, 1.54) is 18.5 Å². The van der Waals surface area contributed by atoms with Crippen molar-refractivity contribution in [2.45, 2.75) is 155 Å². The fraction of sp³-hybridized carbons (Fsp3) is 0.330. The molecule has 0 unspecified atom stereocenters. The van der Waals surface area contributed by atoms with Crippen LogP contribution < -0.4 is 61.5 Å². The van der Waals surface area contributed by atoms with Crippen LogP contribution in [0.15, 0.2) is 197 Å². The number of nitriles is 2. The van der Waals surface area contributed by atoms with Crippen molar-refractivity contribution in [3.05, 3.63) is 250 Å². The van der Waals surface area contributed by atoms with E-state index in [0.29, 0.717) is 122 Å². The van der Waals surface area contributed by atoms with Crippen LogP contribution in [-0.4, -0.2) is 159 Å². The molecule has 0 saturated carbocycles. The first-order valence-corrected chi connectivity index (χ1v) is 45.4. The predicted octanol–water partition coefficient (Wildman–Crippen LogP) is 17.9. The third-order valence-electron chi connectivity index (χ3n) is 23.4. The van der Waals surface area contributed by atoms with Crippen LogP contribution in [-0.2, 0) is 33.0 Å². The number of aliphatic hydroxyl groups is 2. The number of aromatic nitrogens is 6. The highest BCUT2D eigenvalue weighted by Crippen LogP contribution is 2.41. The highest BCUT2D eigenvalue weighted by atomic mass is 79.9. The van der Waals surface area contributed by atoms with E-state index in [4.69, 9.17) is 104 Å². The van der Waals surface area contributed by atoms with Gasteiger partial charge in [0, 0.05) is 144 Å². The molecule has 0 spiro atoms. The standard InChI is InChI=1S/C39H43ClN6O5.C34H30ClN5O4.C12H14BrN3O.C7H3BrClNO.C5H12N2/c1-24-10-31(42-3)19-46(24)39-44-35-13-28(8-9-36(35)51-39)33-7-5-6-29(25(33)2)23-50-38-14-37(49-22-27-11-26(15-41)16-43-17-27)30(12-34(38)40)18-45(4)32(20-47)21-48;1-20-8-27(37)16-40(20)34-39-30-11-24(6-7-31(30)44-34)28-5-3-4-25(21(28)2)19-43-33-12-32(26(17-41)10-29(33)35)42-18-23-9-22(13-36)14-38-15-23;1-7-4-9(14)6-16(7)12-15-10-5-8(13)2-3-11(10)17-12;8-4-1-2-6-5(3-4)10-7(9)11-6;1-4-2-5(6)3-7-4/h5-9,11-14,16-17,24,31-32,42,47-48H,10,18-23H2,1-4H3;3-7,9-12,14-15,17,20,27H,8,16,18-19,37H2,1-2H3;2-3,5,7,9H,4,6,14H2,1H3;1-3H;4-5,7H,2-3,6H2,1H3/t24-,31+;20-,27+;7-,9+;;4-,5+/m111.1/s1. The number of ether oxygens (including phenoxy) is 4. The van der Waals surface area contributed by atoms with Crippen molar-refractivity contribution in [1.29, 1.82) is 10.5 Å². The van der Waals surface area contributed by atoms with Gasteiger partial charge in [-0.1, -0.05) is 104 Å². The lowest BCUT2D eigenvalue weighted by atomic mass is 9.96. The SMILES string of the molecule is CN[C@H]1C[C@@H](C)N(c2nc3cc(-c4cccc(COc5cc(OCc6cncc(C#N)c6)c(CN(C)C(CO)CO)cc5Cl)c4C)ccc3o2)C1.C[C@@H]1C[C@H](N)CN1.C[C@@H]1C[C@H](N)CN1c1nc2cc(Br)ccc2o1.Cc1c(COc2cc(OCc3cncc(C#N)c3)c(C=O)cc2Cl)cccc1-c1ccc2oc(N3C[C@@H](N)C[C@H]3C)nc2c1.Clc1nc2cc(Br)ccc2o1. The van der Waals surface area contributed by atoms with Crippen molar-refractivity contribution in [2.75, 3.05) is 68.2 Å². The topological polar surface area (TPSA) is 387 Å². The van der Waals surface area contributed by atoms with E-state index in [1.807, 2.05) is 104 Å². The zero-order valence-electron chi connectivity index (χ0n) is 73.1. The summed E-state index contributed by atoms with van der Waals surface area (Å²) in [6, 6.07) is 54.2. The first kappa shape index (κ1) is 94.8. The first-order valence-electron chi connectivity index (χ1n) is 42.7. The summed E-state index contributed by atoms with van der Waals surface area (Å²) in [5.41, 5.74) is 35.5. The normalized spacial score (nSPS) is 18.2. The smallest absolute Gasteiger partial charge is 0.298 e. The number of halogens is 5. The number of nitrogens with one attached hydrogen (secondary N) is 2. The Labute approximate surface area is 785 Å². The average molecular weight is 1950 g/mol. The molecule has 14 aromatic rings. The van der Waals surface area contributed by atoms with E-state index in [1.54, 1.807) is 42.7 Å². The van der Waals surface area contributed by atoms with Crippen LogP contribution in [0.2, 0.25) is 15.4 Å². The van der Waals surface area contributed by atoms with Gasteiger partial charge in [0.05, 0.1) is 46.0 Å². The van der Waals surface area contributed by atoms with Gasteiger partial charge in [-0.25, -0.2) is 0 Å². The van der Waals surface area contributed by atoms with Gasteiger partial charge in [-0.15, -0.1) is 0 Å². The second-order valence-corrected chi connectivity index (χ2v) is 36.0. The van der Waals surface area contributed by atoms with Crippen LogP contribution in [0.25, 0.3) is 66.7 Å². The molecular weight excluding hydrogens is 1850 g/mol. The summed E-state index contributed by atoms with van der Waals surface area (Å²) in [5, 5.41) is 45.4. The lowest BCUT2D eigenvalue weighted by Gasteiger charge is -2.26. The number of hydrogen-bond donors (Lipinski definition) is 7. The second-order valence-electron chi connectivity index (χ2n) is 33.1. The van der Waals surface area contributed by atoms with E-state index in [-0.39, 0.29) is 63.1 Å². The third kappa shape index (κ3) is 23.5. The molecule has 0 bridgehead atoms. The summed E-state index contributed by atoms with van der Waals surface area (Å²) >= 11 is 25.6. The highest BCUT2D eigenvalue weighted by molar-refractivity contribution is 9.10.